The zero-order valence-electron chi connectivity index (χ0n) is 15.5. The molecule has 1 aliphatic rings. The van der Waals surface area contributed by atoms with E-state index in [4.69, 9.17) is 0 Å². The molecule has 0 aromatic heterocycles. The average Bonchev–Trinajstić information content (AvgIpc) is 2.45. The Kier molecular flexibility index (Phi) is 5.11. The van der Waals surface area contributed by atoms with E-state index in [9.17, 15) is 13.2 Å². The molecule has 0 spiro atoms. The van der Waals surface area contributed by atoms with Crippen molar-refractivity contribution in [3.8, 4) is 0 Å². The quantitative estimate of drug-likeness (QED) is 0.821. The van der Waals surface area contributed by atoms with Crippen molar-refractivity contribution < 1.29 is 13.2 Å². The van der Waals surface area contributed by atoms with Gasteiger partial charge in [0.2, 0.25) is 15.9 Å². The predicted molar refractivity (Wildman–Crippen MR) is 95.6 cm³/mol. The molecule has 0 unspecified atom stereocenters. The maximum atomic E-state index is 13.1. The van der Waals surface area contributed by atoms with Gasteiger partial charge >= 0.3 is 0 Å². The van der Waals surface area contributed by atoms with Crippen LogP contribution in [0.5, 0.6) is 0 Å². The number of nitrogens with zero attached hydrogens (tertiary/aromatic N) is 2. The van der Waals surface area contributed by atoms with Gasteiger partial charge in [0.1, 0.15) is 0 Å². The molecule has 0 atom stereocenters. The van der Waals surface area contributed by atoms with E-state index in [1.807, 2.05) is 26.0 Å². The lowest BCUT2D eigenvalue weighted by molar-refractivity contribution is -0.129. The molecule has 24 heavy (non-hydrogen) atoms. The molecule has 0 bridgehead atoms. The summed E-state index contributed by atoms with van der Waals surface area (Å²) in [5, 5.41) is 0. The molecule has 0 saturated carbocycles. The fourth-order valence-corrected chi connectivity index (χ4v) is 5.00. The zero-order chi connectivity index (χ0) is 18.3. The lowest BCUT2D eigenvalue weighted by Crippen LogP contribution is -2.50. The Hall–Kier alpha value is -1.40. The molecule has 5 nitrogen and oxygen atoms in total. The molecule has 6 heteroatoms. The molecule has 1 amide bonds. The molecule has 0 aliphatic carbocycles. The van der Waals surface area contributed by atoms with Crippen molar-refractivity contribution in [3.05, 3.63) is 28.8 Å². The van der Waals surface area contributed by atoms with E-state index in [0.29, 0.717) is 31.1 Å². The van der Waals surface area contributed by atoms with Crippen LogP contribution in [0.1, 0.15) is 44.4 Å². The molecule has 1 saturated heterocycles. The van der Waals surface area contributed by atoms with Gasteiger partial charge in [0.15, 0.2) is 0 Å². The summed E-state index contributed by atoms with van der Waals surface area (Å²) in [6.45, 7) is 13.2. The summed E-state index contributed by atoms with van der Waals surface area (Å²) in [5.41, 5.74) is 2.69. The van der Waals surface area contributed by atoms with Gasteiger partial charge in [-0.15, -0.1) is 0 Å². The van der Waals surface area contributed by atoms with Gasteiger partial charge in [-0.3, -0.25) is 4.79 Å². The smallest absolute Gasteiger partial charge is 0.243 e. The molecule has 1 aromatic rings. The van der Waals surface area contributed by atoms with Crippen molar-refractivity contribution in [2.24, 2.45) is 0 Å². The van der Waals surface area contributed by atoms with E-state index in [1.54, 1.807) is 4.90 Å². The fraction of sp³-hybridized carbons (Fsp3) is 0.611. The topological polar surface area (TPSA) is 57.7 Å². The number of rotatable bonds is 2. The van der Waals surface area contributed by atoms with E-state index in [2.05, 4.69) is 20.8 Å². The normalized spacial score (nSPS) is 17.2. The van der Waals surface area contributed by atoms with E-state index in [1.165, 1.54) is 11.2 Å². The molecule has 134 valence electrons. The maximum absolute atomic E-state index is 13.1. The number of hydrogen-bond acceptors (Lipinski definition) is 3. The minimum atomic E-state index is -3.54. The zero-order valence-corrected chi connectivity index (χ0v) is 16.3. The fourth-order valence-electron chi connectivity index (χ4n) is 3.16. The van der Waals surface area contributed by atoms with Crippen LogP contribution in [0.15, 0.2) is 17.0 Å². The molecule has 2 rings (SSSR count). The lowest BCUT2D eigenvalue weighted by Gasteiger charge is -2.34. The Bertz CT molecular complexity index is 717. The van der Waals surface area contributed by atoms with Gasteiger partial charge in [0.25, 0.3) is 0 Å². The monoisotopic (exact) mass is 352 g/mol. The average molecular weight is 353 g/mol. The van der Waals surface area contributed by atoms with E-state index in [0.717, 1.165) is 16.7 Å². The summed E-state index contributed by atoms with van der Waals surface area (Å²) >= 11 is 0. The number of amides is 1. The van der Waals surface area contributed by atoms with Crippen molar-refractivity contribution in [3.63, 3.8) is 0 Å². The summed E-state index contributed by atoms with van der Waals surface area (Å²) in [6, 6.07) is 3.96. The molecule has 0 N–H and O–H groups in total. The van der Waals surface area contributed by atoms with Gasteiger partial charge in [0.05, 0.1) is 4.90 Å². The van der Waals surface area contributed by atoms with Crippen molar-refractivity contribution in [1.82, 2.24) is 9.21 Å². The Labute approximate surface area is 145 Å². The van der Waals surface area contributed by atoms with Crippen molar-refractivity contribution in [1.29, 1.82) is 0 Å². The highest BCUT2D eigenvalue weighted by molar-refractivity contribution is 7.89. The Morgan fingerprint density at radius 1 is 1.00 bits per heavy atom. The van der Waals surface area contributed by atoms with Crippen molar-refractivity contribution in [2.45, 2.75) is 51.9 Å². The predicted octanol–water partition coefficient (Wildman–Crippen LogP) is 2.45. The largest absolute Gasteiger partial charge is 0.340 e. The number of aryl methyl sites for hydroxylation is 2. The SMILES string of the molecule is CC(=O)N1CCN(S(=O)(=O)c2c(C)cc(C(C)(C)C)cc2C)CC1. The standard InChI is InChI=1S/C18H28N2O3S/c1-13-11-16(18(4,5)6)12-14(2)17(13)24(22,23)20-9-7-19(8-10-20)15(3)21/h11-12H,7-10H2,1-6H3. The van der Waals surface area contributed by atoms with Gasteiger partial charge in [-0.2, -0.15) is 4.31 Å². The van der Waals surface area contributed by atoms with E-state index >= 15 is 0 Å². The van der Waals surface area contributed by atoms with Crippen LogP contribution in [0.3, 0.4) is 0 Å². The molecule has 1 aliphatic heterocycles. The molecule has 1 aromatic carbocycles. The highest BCUT2D eigenvalue weighted by Crippen LogP contribution is 2.31. The van der Waals surface area contributed by atoms with Gasteiger partial charge in [-0.1, -0.05) is 32.9 Å². The highest BCUT2D eigenvalue weighted by Gasteiger charge is 2.32. The summed E-state index contributed by atoms with van der Waals surface area (Å²) in [7, 11) is -3.54. The van der Waals surface area contributed by atoms with Crippen LogP contribution in [-0.4, -0.2) is 49.7 Å². The Balaban J connectivity index is 2.36. The van der Waals surface area contributed by atoms with Crippen LogP contribution in [0.2, 0.25) is 0 Å². The first kappa shape index (κ1) is 18.9. The Morgan fingerprint density at radius 2 is 1.46 bits per heavy atom. The Morgan fingerprint density at radius 3 is 1.83 bits per heavy atom. The van der Waals surface area contributed by atoms with Gasteiger partial charge in [0, 0.05) is 33.1 Å². The highest BCUT2D eigenvalue weighted by atomic mass is 32.2. The molecular weight excluding hydrogens is 324 g/mol. The molecule has 1 heterocycles. The number of benzene rings is 1. The first-order valence-corrected chi connectivity index (χ1v) is 9.76. The summed E-state index contributed by atoms with van der Waals surface area (Å²) in [5.74, 6) is -0.00561. The van der Waals surface area contributed by atoms with Crippen LogP contribution in [0.4, 0.5) is 0 Å². The molecule has 0 radical (unpaired) electrons. The second-order valence-corrected chi connectivity index (χ2v) is 9.47. The molecular formula is C18H28N2O3S. The second-order valence-electron chi connectivity index (χ2n) is 7.60. The van der Waals surface area contributed by atoms with Crippen LogP contribution in [0, 0.1) is 13.8 Å². The van der Waals surface area contributed by atoms with Gasteiger partial charge in [-0.25, -0.2) is 8.42 Å². The first-order chi connectivity index (χ1) is 10.9. The third-order valence-corrected chi connectivity index (χ3v) is 6.81. The van der Waals surface area contributed by atoms with Crippen molar-refractivity contribution >= 4 is 15.9 Å². The molecule has 1 fully saturated rings. The van der Waals surface area contributed by atoms with Gasteiger partial charge in [-0.05, 0) is 36.0 Å². The number of carbonyl (C=O) groups excluding carboxylic acids is 1. The number of hydrogen-bond donors (Lipinski definition) is 0. The van der Waals surface area contributed by atoms with Crippen LogP contribution >= 0.6 is 0 Å². The third kappa shape index (κ3) is 3.64. The number of carbonyl (C=O) groups is 1. The lowest BCUT2D eigenvalue weighted by atomic mass is 9.85. The summed E-state index contributed by atoms with van der Waals surface area (Å²) < 4.78 is 27.7. The van der Waals surface area contributed by atoms with Crippen LogP contribution < -0.4 is 0 Å². The second kappa shape index (κ2) is 6.48. The summed E-state index contributed by atoms with van der Waals surface area (Å²) in [4.78, 5) is 13.5. The van der Waals surface area contributed by atoms with E-state index in [-0.39, 0.29) is 11.3 Å². The number of piperazine rings is 1. The van der Waals surface area contributed by atoms with Crippen molar-refractivity contribution in [2.75, 3.05) is 26.2 Å². The first-order valence-electron chi connectivity index (χ1n) is 8.32. The van der Waals surface area contributed by atoms with Gasteiger partial charge < -0.3 is 4.90 Å². The maximum Gasteiger partial charge on any atom is 0.243 e. The summed E-state index contributed by atoms with van der Waals surface area (Å²) in [6.07, 6.45) is 0. The van der Waals surface area contributed by atoms with Crippen LogP contribution in [0.25, 0.3) is 0 Å². The van der Waals surface area contributed by atoms with Crippen LogP contribution in [-0.2, 0) is 20.2 Å². The third-order valence-electron chi connectivity index (χ3n) is 4.61. The number of sulfonamides is 1. The minimum absolute atomic E-state index is 0.00561. The minimum Gasteiger partial charge on any atom is -0.340 e. The van der Waals surface area contributed by atoms with E-state index < -0.39 is 10.0 Å².